The van der Waals surface area contributed by atoms with Crippen molar-refractivity contribution < 1.29 is 19.4 Å². The van der Waals surface area contributed by atoms with Crippen molar-refractivity contribution in [2.75, 3.05) is 11.9 Å². The SMILES string of the molecule is CCOc1ccc(Br)cc1/C=C/C(=O)Nc1ccc(C(=O)O)cc1. The lowest BCUT2D eigenvalue weighted by Gasteiger charge is -2.07. The molecule has 0 heterocycles. The molecule has 0 saturated heterocycles. The van der Waals surface area contributed by atoms with Crippen molar-refractivity contribution in [2.24, 2.45) is 0 Å². The summed E-state index contributed by atoms with van der Waals surface area (Å²) in [6.45, 7) is 2.42. The topological polar surface area (TPSA) is 75.6 Å². The highest BCUT2D eigenvalue weighted by atomic mass is 79.9. The molecule has 0 aliphatic carbocycles. The average Bonchev–Trinajstić information content (AvgIpc) is 2.55. The molecule has 1 amide bonds. The first-order valence-corrected chi connectivity index (χ1v) is 8.03. The summed E-state index contributed by atoms with van der Waals surface area (Å²) in [5.41, 5.74) is 1.47. The third kappa shape index (κ3) is 4.96. The number of benzene rings is 2. The van der Waals surface area contributed by atoms with E-state index < -0.39 is 5.97 Å². The van der Waals surface area contributed by atoms with Gasteiger partial charge in [0.2, 0.25) is 5.91 Å². The molecule has 0 saturated carbocycles. The standard InChI is InChI=1S/C18H16BrNO4/c1-2-24-16-9-6-14(19)11-13(16)5-10-17(21)20-15-7-3-12(4-8-15)18(22)23/h3-11H,2H2,1H3,(H,20,21)(H,22,23)/b10-5+. The second kappa shape index (κ2) is 8.31. The van der Waals surface area contributed by atoms with Gasteiger partial charge in [-0.3, -0.25) is 4.79 Å². The third-order valence-corrected chi connectivity index (χ3v) is 3.58. The van der Waals surface area contributed by atoms with E-state index in [2.05, 4.69) is 21.2 Å². The summed E-state index contributed by atoms with van der Waals surface area (Å²) in [4.78, 5) is 22.8. The first-order chi connectivity index (χ1) is 11.5. The zero-order chi connectivity index (χ0) is 17.5. The maximum atomic E-state index is 12.0. The number of nitrogens with one attached hydrogen (secondary N) is 1. The van der Waals surface area contributed by atoms with Crippen LogP contribution in [0.2, 0.25) is 0 Å². The van der Waals surface area contributed by atoms with Crippen LogP contribution in [0.15, 0.2) is 53.0 Å². The predicted molar refractivity (Wildman–Crippen MR) is 96.4 cm³/mol. The number of carbonyl (C=O) groups is 2. The number of carboxylic acid groups (broad SMARTS) is 1. The van der Waals surface area contributed by atoms with Gasteiger partial charge in [0.05, 0.1) is 12.2 Å². The molecule has 2 N–H and O–H groups in total. The molecule has 0 bridgehead atoms. The van der Waals surface area contributed by atoms with Crippen molar-refractivity contribution in [3.05, 3.63) is 64.1 Å². The summed E-state index contributed by atoms with van der Waals surface area (Å²) in [7, 11) is 0. The molecule has 0 unspecified atom stereocenters. The number of hydrogen-bond donors (Lipinski definition) is 2. The highest BCUT2D eigenvalue weighted by Gasteiger charge is 2.04. The van der Waals surface area contributed by atoms with Crippen molar-refractivity contribution in [3.63, 3.8) is 0 Å². The fourth-order valence-corrected chi connectivity index (χ4v) is 2.36. The Kier molecular flexibility index (Phi) is 6.14. The number of carboxylic acids is 1. The lowest BCUT2D eigenvalue weighted by Crippen LogP contribution is -2.08. The minimum absolute atomic E-state index is 0.166. The van der Waals surface area contributed by atoms with Crippen LogP contribution in [0.4, 0.5) is 5.69 Å². The smallest absolute Gasteiger partial charge is 0.335 e. The lowest BCUT2D eigenvalue weighted by molar-refractivity contribution is -0.111. The number of hydrogen-bond acceptors (Lipinski definition) is 3. The minimum Gasteiger partial charge on any atom is -0.493 e. The highest BCUT2D eigenvalue weighted by Crippen LogP contribution is 2.24. The number of ether oxygens (including phenoxy) is 1. The van der Waals surface area contributed by atoms with E-state index in [-0.39, 0.29) is 11.5 Å². The molecule has 0 spiro atoms. The molecule has 6 heteroatoms. The van der Waals surface area contributed by atoms with Crippen molar-refractivity contribution in [1.29, 1.82) is 0 Å². The number of halogens is 1. The van der Waals surface area contributed by atoms with Crippen LogP contribution < -0.4 is 10.1 Å². The number of rotatable bonds is 6. The predicted octanol–water partition coefficient (Wildman–Crippen LogP) is 4.20. The van der Waals surface area contributed by atoms with Gasteiger partial charge in [0, 0.05) is 21.8 Å². The quantitative estimate of drug-likeness (QED) is 0.725. The number of aromatic carboxylic acids is 1. The van der Waals surface area contributed by atoms with Gasteiger partial charge in [-0.2, -0.15) is 0 Å². The lowest BCUT2D eigenvalue weighted by atomic mass is 10.2. The molecule has 24 heavy (non-hydrogen) atoms. The highest BCUT2D eigenvalue weighted by molar-refractivity contribution is 9.10. The maximum Gasteiger partial charge on any atom is 0.335 e. The number of anilines is 1. The van der Waals surface area contributed by atoms with Crippen molar-refractivity contribution in [2.45, 2.75) is 6.92 Å². The van der Waals surface area contributed by atoms with Gasteiger partial charge in [-0.05, 0) is 55.5 Å². The Labute approximate surface area is 148 Å². The fraction of sp³-hybridized carbons (Fsp3) is 0.111. The van der Waals surface area contributed by atoms with Crippen LogP contribution in [0, 0.1) is 0 Å². The van der Waals surface area contributed by atoms with Crippen LogP contribution in [-0.2, 0) is 4.79 Å². The maximum absolute atomic E-state index is 12.0. The summed E-state index contributed by atoms with van der Waals surface area (Å²) in [6, 6.07) is 11.5. The van der Waals surface area contributed by atoms with Crippen LogP contribution in [0.25, 0.3) is 6.08 Å². The third-order valence-electron chi connectivity index (χ3n) is 3.09. The van der Waals surface area contributed by atoms with E-state index in [0.29, 0.717) is 18.0 Å². The Morgan fingerprint density at radius 1 is 1.21 bits per heavy atom. The van der Waals surface area contributed by atoms with Crippen LogP contribution in [0.5, 0.6) is 5.75 Å². The van der Waals surface area contributed by atoms with E-state index in [1.54, 1.807) is 18.2 Å². The first kappa shape index (κ1) is 17.7. The zero-order valence-corrected chi connectivity index (χ0v) is 14.5. The molecule has 0 aliphatic heterocycles. The van der Waals surface area contributed by atoms with Crippen LogP contribution >= 0.6 is 15.9 Å². The Morgan fingerprint density at radius 3 is 2.54 bits per heavy atom. The van der Waals surface area contributed by atoms with Gasteiger partial charge >= 0.3 is 5.97 Å². The summed E-state index contributed by atoms with van der Waals surface area (Å²) in [5.74, 6) is -0.637. The van der Waals surface area contributed by atoms with Gasteiger partial charge in [-0.1, -0.05) is 15.9 Å². The molecular weight excluding hydrogens is 374 g/mol. The Hall–Kier alpha value is -2.60. The van der Waals surface area contributed by atoms with Crippen molar-refractivity contribution >= 4 is 39.6 Å². The summed E-state index contributed by atoms with van der Waals surface area (Å²) in [5, 5.41) is 11.5. The average molecular weight is 390 g/mol. The number of amides is 1. The van der Waals surface area contributed by atoms with Gasteiger partial charge in [-0.15, -0.1) is 0 Å². The van der Waals surface area contributed by atoms with Crippen LogP contribution in [0.1, 0.15) is 22.8 Å². The molecule has 2 rings (SSSR count). The van der Waals surface area contributed by atoms with Gasteiger partial charge in [0.15, 0.2) is 0 Å². The Bertz CT molecular complexity index is 769. The van der Waals surface area contributed by atoms with E-state index >= 15 is 0 Å². The normalized spacial score (nSPS) is 10.6. The van der Waals surface area contributed by atoms with Gasteiger partial charge in [0.25, 0.3) is 0 Å². The monoisotopic (exact) mass is 389 g/mol. The Balaban J connectivity index is 2.07. The minimum atomic E-state index is -1.01. The molecule has 0 fully saturated rings. The second-order valence-corrected chi connectivity index (χ2v) is 5.74. The van der Waals surface area contributed by atoms with Crippen LogP contribution in [-0.4, -0.2) is 23.6 Å². The molecule has 2 aromatic rings. The second-order valence-electron chi connectivity index (χ2n) is 4.82. The van der Waals surface area contributed by atoms with E-state index in [9.17, 15) is 9.59 Å². The van der Waals surface area contributed by atoms with E-state index in [1.165, 1.54) is 18.2 Å². The molecule has 124 valence electrons. The van der Waals surface area contributed by atoms with E-state index in [1.807, 2.05) is 25.1 Å². The van der Waals surface area contributed by atoms with Crippen molar-refractivity contribution in [3.8, 4) is 5.75 Å². The van der Waals surface area contributed by atoms with Gasteiger partial charge < -0.3 is 15.2 Å². The molecular formula is C18H16BrNO4. The van der Waals surface area contributed by atoms with Gasteiger partial charge in [0.1, 0.15) is 5.75 Å². The van der Waals surface area contributed by atoms with E-state index in [0.717, 1.165) is 10.0 Å². The van der Waals surface area contributed by atoms with Gasteiger partial charge in [-0.25, -0.2) is 4.79 Å². The first-order valence-electron chi connectivity index (χ1n) is 7.24. The molecule has 0 radical (unpaired) electrons. The molecule has 0 aliphatic rings. The van der Waals surface area contributed by atoms with Crippen LogP contribution in [0.3, 0.4) is 0 Å². The molecule has 0 atom stereocenters. The number of carbonyl (C=O) groups excluding carboxylic acids is 1. The molecule has 5 nitrogen and oxygen atoms in total. The fourth-order valence-electron chi connectivity index (χ4n) is 1.98. The summed E-state index contributed by atoms with van der Waals surface area (Å²) in [6.07, 6.45) is 3.06. The largest absolute Gasteiger partial charge is 0.493 e. The zero-order valence-electron chi connectivity index (χ0n) is 13.0. The van der Waals surface area contributed by atoms with E-state index in [4.69, 9.17) is 9.84 Å². The summed E-state index contributed by atoms with van der Waals surface area (Å²) < 4.78 is 6.40. The van der Waals surface area contributed by atoms with Crippen molar-refractivity contribution in [1.82, 2.24) is 0 Å². The molecule has 0 aromatic heterocycles. The Morgan fingerprint density at radius 2 is 1.92 bits per heavy atom. The summed E-state index contributed by atoms with van der Waals surface area (Å²) >= 11 is 3.39. The molecule has 2 aromatic carbocycles.